The third-order valence-electron chi connectivity index (χ3n) is 5.09. The molecule has 5 N–H and O–H groups in total. The lowest BCUT2D eigenvalue weighted by Gasteiger charge is -2.13. The summed E-state index contributed by atoms with van der Waals surface area (Å²) < 4.78 is 1.67. The van der Waals surface area contributed by atoms with E-state index in [0.717, 1.165) is 16.5 Å². The number of fused-ring (bicyclic) bond motifs is 1. The molecule has 0 spiro atoms. The molecule has 0 aliphatic heterocycles. The van der Waals surface area contributed by atoms with Crippen LogP contribution in [0.15, 0.2) is 67.0 Å². The Bertz CT molecular complexity index is 1320. The summed E-state index contributed by atoms with van der Waals surface area (Å²) in [7, 11) is 1.53. The zero-order valence-electron chi connectivity index (χ0n) is 18.6. The maximum absolute atomic E-state index is 13.0. The maximum atomic E-state index is 13.0. The lowest BCUT2D eigenvalue weighted by Crippen LogP contribution is -2.25. The summed E-state index contributed by atoms with van der Waals surface area (Å²) in [6.07, 6.45) is 3.44. The lowest BCUT2D eigenvalue weighted by atomic mass is 10.1. The summed E-state index contributed by atoms with van der Waals surface area (Å²) in [5.74, 6) is 0.185. The number of rotatable bonds is 8. The Morgan fingerprint density at radius 2 is 1.91 bits per heavy atom. The zero-order valence-corrected chi connectivity index (χ0v) is 18.6. The number of nitrogens with one attached hydrogen (secondary N) is 4. The number of carbonyl (C=O) groups is 2. The Kier molecular flexibility index (Phi) is 6.99. The molecule has 0 saturated carbocycles. The number of aromatic nitrogens is 3. The summed E-state index contributed by atoms with van der Waals surface area (Å²) in [5, 5.41) is 25.7. The van der Waals surface area contributed by atoms with Crippen molar-refractivity contribution in [2.45, 2.75) is 13.1 Å². The second kappa shape index (κ2) is 10.5. The first kappa shape index (κ1) is 22.7. The van der Waals surface area contributed by atoms with Gasteiger partial charge in [-0.25, -0.2) is 9.78 Å². The van der Waals surface area contributed by atoms with Gasteiger partial charge in [-0.2, -0.15) is 5.10 Å². The monoisotopic (exact) mass is 459 g/mol. The van der Waals surface area contributed by atoms with Gasteiger partial charge in [0.1, 0.15) is 5.82 Å². The number of hydrogen-bond acceptors (Lipinski definition) is 6. The van der Waals surface area contributed by atoms with Gasteiger partial charge in [0.15, 0.2) is 0 Å². The molecule has 10 heteroatoms. The van der Waals surface area contributed by atoms with Crippen molar-refractivity contribution in [2.24, 2.45) is 0 Å². The zero-order chi connectivity index (χ0) is 23.9. The molecule has 4 rings (SSSR count). The van der Waals surface area contributed by atoms with Crippen LogP contribution < -0.4 is 21.3 Å². The highest BCUT2D eigenvalue weighted by atomic mass is 16.3. The predicted octanol–water partition coefficient (Wildman–Crippen LogP) is 3.04. The quantitative estimate of drug-likeness (QED) is 0.275. The van der Waals surface area contributed by atoms with Crippen LogP contribution in [0.3, 0.4) is 0 Å². The molecule has 0 atom stereocenters. The van der Waals surface area contributed by atoms with E-state index in [2.05, 4.69) is 31.3 Å². The minimum atomic E-state index is -0.349. The van der Waals surface area contributed by atoms with E-state index < -0.39 is 0 Å². The van der Waals surface area contributed by atoms with Crippen LogP contribution in [0.1, 0.15) is 15.9 Å². The number of aliphatic hydroxyl groups is 1. The summed E-state index contributed by atoms with van der Waals surface area (Å²) in [5.41, 5.74) is 3.50. The standard InChI is InChI=1S/C24H25N7O3/c1-25-24(34)29-22-12-16(8-9-26-22)14-27-21-5-3-2-4-19(21)23(33)28-18-6-7-20-17(13-18)15-31(30-20)10-11-32/h2-9,12-13,15,27,32H,10-11,14H2,1H3,(H,28,33)(H2,25,26,29,34). The summed E-state index contributed by atoms with van der Waals surface area (Å²) in [6, 6.07) is 16.0. The number of carbonyl (C=O) groups excluding carboxylic acids is 2. The van der Waals surface area contributed by atoms with E-state index in [1.165, 1.54) is 7.05 Å². The van der Waals surface area contributed by atoms with Gasteiger partial charge in [0.05, 0.1) is 24.2 Å². The Morgan fingerprint density at radius 3 is 2.74 bits per heavy atom. The van der Waals surface area contributed by atoms with Crippen LogP contribution in [-0.4, -0.2) is 45.5 Å². The molecule has 0 fully saturated rings. The summed E-state index contributed by atoms with van der Waals surface area (Å²) in [6.45, 7) is 0.855. The van der Waals surface area contributed by atoms with Crippen LogP contribution in [0.25, 0.3) is 10.9 Å². The molecule has 34 heavy (non-hydrogen) atoms. The summed E-state index contributed by atoms with van der Waals surface area (Å²) >= 11 is 0. The van der Waals surface area contributed by atoms with E-state index >= 15 is 0 Å². The first-order chi connectivity index (χ1) is 16.6. The van der Waals surface area contributed by atoms with Gasteiger partial charge < -0.3 is 21.1 Å². The van der Waals surface area contributed by atoms with Crippen LogP contribution in [0.5, 0.6) is 0 Å². The SMILES string of the molecule is CNC(=O)Nc1cc(CNc2ccccc2C(=O)Nc2ccc3nn(CCO)cc3c2)ccn1. The van der Waals surface area contributed by atoms with E-state index in [1.807, 2.05) is 36.5 Å². The van der Waals surface area contributed by atoms with Crippen molar-refractivity contribution in [2.75, 3.05) is 29.6 Å². The van der Waals surface area contributed by atoms with Crippen LogP contribution in [-0.2, 0) is 13.1 Å². The average Bonchev–Trinajstić information content (AvgIpc) is 3.25. The Balaban J connectivity index is 1.46. The third-order valence-corrected chi connectivity index (χ3v) is 5.09. The Labute approximate surface area is 196 Å². The number of aliphatic hydroxyl groups excluding tert-OH is 1. The Hall–Kier alpha value is -4.44. The molecule has 0 bridgehead atoms. The smallest absolute Gasteiger partial charge is 0.320 e. The first-order valence-electron chi connectivity index (χ1n) is 10.7. The van der Waals surface area contributed by atoms with Crippen molar-refractivity contribution in [3.63, 3.8) is 0 Å². The molecule has 2 aromatic heterocycles. The first-order valence-corrected chi connectivity index (χ1v) is 10.7. The lowest BCUT2D eigenvalue weighted by molar-refractivity contribution is 0.102. The number of urea groups is 1. The van der Waals surface area contributed by atoms with Gasteiger partial charge in [-0.1, -0.05) is 12.1 Å². The average molecular weight is 460 g/mol. The molecule has 3 amide bonds. The number of pyridine rings is 1. The Morgan fingerprint density at radius 1 is 1.06 bits per heavy atom. The fraction of sp³-hybridized carbons (Fsp3) is 0.167. The van der Waals surface area contributed by atoms with Crippen LogP contribution in [0.4, 0.5) is 22.0 Å². The van der Waals surface area contributed by atoms with E-state index in [9.17, 15) is 9.59 Å². The minimum absolute atomic E-state index is 0.00670. The number of amides is 3. The molecule has 2 aromatic carbocycles. The van der Waals surface area contributed by atoms with E-state index in [1.54, 1.807) is 35.1 Å². The van der Waals surface area contributed by atoms with E-state index in [-0.39, 0.29) is 18.5 Å². The fourth-order valence-electron chi connectivity index (χ4n) is 3.43. The van der Waals surface area contributed by atoms with Crippen molar-refractivity contribution in [3.8, 4) is 0 Å². The molecule has 0 unspecified atom stereocenters. The van der Waals surface area contributed by atoms with Crippen molar-refractivity contribution in [1.82, 2.24) is 20.1 Å². The van der Waals surface area contributed by atoms with Crippen LogP contribution in [0.2, 0.25) is 0 Å². The molecule has 4 aromatic rings. The van der Waals surface area contributed by atoms with Gasteiger partial charge in [0.25, 0.3) is 5.91 Å². The third kappa shape index (κ3) is 5.48. The molecule has 2 heterocycles. The van der Waals surface area contributed by atoms with Crippen LogP contribution in [0, 0.1) is 0 Å². The number of nitrogens with zero attached hydrogens (tertiary/aromatic N) is 3. The van der Waals surface area contributed by atoms with Gasteiger partial charge in [0.2, 0.25) is 0 Å². The molecule has 10 nitrogen and oxygen atoms in total. The molecule has 174 valence electrons. The highest BCUT2D eigenvalue weighted by molar-refractivity contribution is 6.08. The molecule has 0 aliphatic rings. The van der Waals surface area contributed by atoms with Crippen molar-refractivity contribution < 1.29 is 14.7 Å². The van der Waals surface area contributed by atoms with Gasteiger partial charge in [-0.05, 0) is 48.0 Å². The maximum Gasteiger partial charge on any atom is 0.320 e. The highest BCUT2D eigenvalue weighted by Crippen LogP contribution is 2.22. The number of anilines is 3. The normalized spacial score (nSPS) is 10.6. The van der Waals surface area contributed by atoms with E-state index in [0.29, 0.717) is 35.8 Å². The topological polar surface area (TPSA) is 133 Å². The minimum Gasteiger partial charge on any atom is -0.394 e. The van der Waals surface area contributed by atoms with E-state index in [4.69, 9.17) is 5.11 Å². The fourth-order valence-corrected chi connectivity index (χ4v) is 3.43. The molecule has 0 saturated heterocycles. The summed E-state index contributed by atoms with van der Waals surface area (Å²) in [4.78, 5) is 28.7. The van der Waals surface area contributed by atoms with Gasteiger partial charge in [0, 0.05) is 42.7 Å². The van der Waals surface area contributed by atoms with Gasteiger partial charge in [-0.3, -0.25) is 14.8 Å². The number of benzene rings is 2. The molecule has 0 radical (unpaired) electrons. The predicted molar refractivity (Wildman–Crippen MR) is 131 cm³/mol. The van der Waals surface area contributed by atoms with Gasteiger partial charge in [-0.15, -0.1) is 0 Å². The molecular weight excluding hydrogens is 434 g/mol. The highest BCUT2D eigenvalue weighted by Gasteiger charge is 2.12. The number of hydrogen-bond donors (Lipinski definition) is 5. The molecule has 0 aliphatic carbocycles. The van der Waals surface area contributed by atoms with Gasteiger partial charge >= 0.3 is 6.03 Å². The second-order valence-corrected chi connectivity index (χ2v) is 7.50. The van der Waals surface area contributed by atoms with Crippen molar-refractivity contribution in [1.29, 1.82) is 0 Å². The second-order valence-electron chi connectivity index (χ2n) is 7.50. The van der Waals surface area contributed by atoms with Crippen molar-refractivity contribution in [3.05, 3.63) is 78.1 Å². The molecular formula is C24H25N7O3. The van der Waals surface area contributed by atoms with Crippen molar-refractivity contribution >= 4 is 40.0 Å². The number of para-hydroxylation sites is 1. The largest absolute Gasteiger partial charge is 0.394 e. The van der Waals surface area contributed by atoms with Crippen LogP contribution >= 0.6 is 0 Å².